The van der Waals surface area contributed by atoms with Crippen LogP contribution >= 0.6 is 23.4 Å². The van der Waals surface area contributed by atoms with Crippen molar-refractivity contribution in [3.05, 3.63) is 59.4 Å². The van der Waals surface area contributed by atoms with Crippen LogP contribution in [0.5, 0.6) is 0 Å². The van der Waals surface area contributed by atoms with Crippen LogP contribution in [0.15, 0.2) is 53.7 Å². The minimum atomic E-state index is -0.459. The second kappa shape index (κ2) is 7.67. The summed E-state index contributed by atoms with van der Waals surface area (Å²) in [7, 11) is 0. The molecule has 5 nitrogen and oxygen atoms in total. The molecule has 1 amide bonds. The molecule has 0 unspecified atom stereocenters. The molecular weight excluding hydrogens is 363 g/mol. The Labute approximate surface area is 153 Å². The predicted octanol–water partition coefficient (Wildman–Crippen LogP) is 4.38. The van der Waals surface area contributed by atoms with Crippen molar-refractivity contribution in [3.8, 4) is 11.4 Å². The molecule has 1 atom stereocenters. The molecule has 0 fully saturated rings. The maximum Gasteiger partial charge on any atom is 0.237 e. The second-order valence-electron chi connectivity index (χ2n) is 5.21. The molecule has 0 aliphatic rings. The zero-order valence-electron chi connectivity index (χ0n) is 13.2. The molecular formula is C17H14ClFN4OS. The molecule has 0 spiro atoms. The average Bonchev–Trinajstić information content (AvgIpc) is 3.06. The number of halogens is 2. The first-order chi connectivity index (χ1) is 12.0. The van der Waals surface area contributed by atoms with E-state index in [1.54, 1.807) is 6.92 Å². The number of hydrogen-bond acceptors (Lipinski definition) is 4. The summed E-state index contributed by atoms with van der Waals surface area (Å²) in [6.45, 7) is 1.73. The van der Waals surface area contributed by atoms with Gasteiger partial charge in [-0.3, -0.25) is 9.89 Å². The van der Waals surface area contributed by atoms with Gasteiger partial charge in [0.2, 0.25) is 11.1 Å². The topological polar surface area (TPSA) is 70.7 Å². The first kappa shape index (κ1) is 17.4. The number of nitrogens with one attached hydrogen (secondary N) is 2. The second-order valence-corrected chi connectivity index (χ2v) is 6.92. The van der Waals surface area contributed by atoms with Crippen molar-refractivity contribution in [2.45, 2.75) is 17.3 Å². The Morgan fingerprint density at radius 1 is 1.28 bits per heavy atom. The molecule has 0 aliphatic heterocycles. The standard InChI is InChI=1S/C17H14ClFN4OS/c1-10(16(24)20-14-8-7-12(19)9-13(14)18)25-17-21-15(22-23-17)11-5-3-2-4-6-11/h2-10H,1H3,(H,20,24)(H,21,22,23)/t10-/m0/s1. The summed E-state index contributed by atoms with van der Waals surface area (Å²) in [5, 5.41) is 9.80. The van der Waals surface area contributed by atoms with E-state index in [0.29, 0.717) is 16.7 Å². The summed E-state index contributed by atoms with van der Waals surface area (Å²) >= 11 is 7.13. The highest BCUT2D eigenvalue weighted by Crippen LogP contribution is 2.26. The lowest BCUT2D eigenvalue weighted by atomic mass is 10.2. The highest BCUT2D eigenvalue weighted by Gasteiger charge is 2.18. The monoisotopic (exact) mass is 376 g/mol. The van der Waals surface area contributed by atoms with Gasteiger partial charge in [-0.05, 0) is 25.1 Å². The molecule has 0 bridgehead atoms. The first-order valence-corrected chi connectivity index (χ1v) is 8.69. The Kier molecular flexibility index (Phi) is 5.35. The van der Waals surface area contributed by atoms with E-state index in [1.165, 1.54) is 23.9 Å². The van der Waals surface area contributed by atoms with Crippen molar-refractivity contribution in [1.29, 1.82) is 0 Å². The van der Waals surface area contributed by atoms with E-state index >= 15 is 0 Å². The van der Waals surface area contributed by atoms with Crippen LogP contribution in [0.4, 0.5) is 10.1 Å². The average molecular weight is 377 g/mol. The molecule has 3 rings (SSSR count). The third-order valence-corrected chi connectivity index (χ3v) is 4.63. The van der Waals surface area contributed by atoms with Crippen LogP contribution in [-0.2, 0) is 4.79 Å². The Morgan fingerprint density at radius 3 is 2.76 bits per heavy atom. The highest BCUT2D eigenvalue weighted by atomic mass is 35.5. The lowest BCUT2D eigenvalue weighted by Crippen LogP contribution is -2.22. The smallest absolute Gasteiger partial charge is 0.237 e. The maximum atomic E-state index is 13.1. The van der Waals surface area contributed by atoms with Crippen LogP contribution in [0.3, 0.4) is 0 Å². The van der Waals surface area contributed by atoms with E-state index in [1.807, 2.05) is 30.3 Å². The van der Waals surface area contributed by atoms with Crippen LogP contribution in [-0.4, -0.2) is 26.3 Å². The molecule has 0 aliphatic carbocycles. The molecule has 0 radical (unpaired) electrons. The largest absolute Gasteiger partial charge is 0.324 e. The number of H-pyrrole nitrogens is 1. The predicted molar refractivity (Wildman–Crippen MR) is 97.2 cm³/mol. The third-order valence-electron chi connectivity index (χ3n) is 3.35. The fraction of sp³-hybridized carbons (Fsp3) is 0.118. The van der Waals surface area contributed by atoms with Gasteiger partial charge in [0.05, 0.1) is 16.0 Å². The maximum absolute atomic E-state index is 13.1. The van der Waals surface area contributed by atoms with Crippen LogP contribution in [0, 0.1) is 5.82 Å². The number of nitrogens with zero attached hydrogens (tertiary/aromatic N) is 2. The Bertz CT molecular complexity index is 887. The van der Waals surface area contributed by atoms with E-state index < -0.39 is 11.1 Å². The Morgan fingerprint density at radius 2 is 2.04 bits per heavy atom. The molecule has 2 N–H and O–H groups in total. The zero-order valence-corrected chi connectivity index (χ0v) is 14.7. The fourth-order valence-electron chi connectivity index (χ4n) is 2.06. The quantitative estimate of drug-likeness (QED) is 0.648. The lowest BCUT2D eigenvalue weighted by molar-refractivity contribution is -0.115. The summed E-state index contributed by atoms with van der Waals surface area (Å²) in [6, 6.07) is 13.4. The lowest BCUT2D eigenvalue weighted by Gasteiger charge is -2.11. The summed E-state index contributed by atoms with van der Waals surface area (Å²) in [6.07, 6.45) is 0. The van der Waals surface area contributed by atoms with Gasteiger partial charge in [-0.15, -0.1) is 5.10 Å². The molecule has 2 aromatic carbocycles. The van der Waals surface area contributed by atoms with Crippen molar-refractivity contribution in [1.82, 2.24) is 15.2 Å². The summed E-state index contributed by atoms with van der Waals surface area (Å²) < 4.78 is 13.1. The molecule has 25 heavy (non-hydrogen) atoms. The van der Waals surface area contributed by atoms with E-state index in [4.69, 9.17) is 11.6 Å². The van der Waals surface area contributed by atoms with Crippen molar-refractivity contribution in [3.63, 3.8) is 0 Å². The molecule has 128 valence electrons. The van der Waals surface area contributed by atoms with E-state index in [-0.39, 0.29) is 10.9 Å². The number of thioether (sulfide) groups is 1. The number of hydrogen-bond donors (Lipinski definition) is 2. The van der Waals surface area contributed by atoms with Crippen LogP contribution in [0.25, 0.3) is 11.4 Å². The SMILES string of the molecule is C[C@H](Sc1n[nH]c(-c2ccccc2)n1)C(=O)Nc1ccc(F)cc1Cl. The number of carbonyl (C=O) groups is 1. The van der Waals surface area contributed by atoms with Gasteiger partial charge in [-0.25, -0.2) is 9.37 Å². The fourth-order valence-corrected chi connectivity index (χ4v) is 3.00. The normalized spacial score (nSPS) is 12.0. The number of aromatic nitrogens is 3. The molecule has 0 saturated carbocycles. The number of anilines is 1. The number of carbonyl (C=O) groups excluding carboxylic acids is 1. The minimum Gasteiger partial charge on any atom is -0.324 e. The third kappa shape index (κ3) is 4.37. The van der Waals surface area contributed by atoms with Crippen LogP contribution < -0.4 is 5.32 Å². The van der Waals surface area contributed by atoms with Crippen molar-refractivity contribution >= 4 is 35.0 Å². The summed E-state index contributed by atoms with van der Waals surface area (Å²) in [5.41, 5.74) is 1.28. The molecule has 8 heteroatoms. The Hall–Kier alpha value is -2.38. The van der Waals surface area contributed by atoms with Crippen molar-refractivity contribution in [2.24, 2.45) is 0 Å². The zero-order chi connectivity index (χ0) is 17.8. The Balaban J connectivity index is 1.65. The van der Waals surface area contributed by atoms with Gasteiger partial charge < -0.3 is 5.32 Å². The highest BCUT2D eigenvalue weighted by molar-refractivity contribution is 8.00. The van der Waals surface area contributed by atoms with E-state index in [0.717, 1.165) is 11.6 Å². The molecule has 3 aromatic rings. The van der Waals surface area contributed by atoms with Crippen molar-refractivity contribution in [2.75, 3.05) is 5.32 Å². The number of amides is 1. The van der Waals surface area contributed by atoms with Gasteiger partial charge in [0.1, 0.15) is 5.82 Å². The number of aromatic amines is 1. The molecule has 1 heterocycles. The minimum absolute atomic E-state index is 0.148. The van der Waals surface area contributed by atoms with Gasteiger partial charge in [0, 0.05) is 5.56 Å². The van der Waals surface area contributed by atoms with E-state index in [9.17, 15) is 9.18 Å². The van der Waals surface area contributed by atoms with Gasteiger partial charge >= 0.3 is 0 Å². The number of benzene rings is 2. The summed E-state index contributed by atoms with van der Waals surface area (Å²) in [4.78, 5) is 16.7. The molecule has 1 aromatic heterocycles. The summed E-state index contributed by atoms with van der Waals surface area (Å²) in [5.74, 6) is -0.0959. The van der Waals surface area contributed by atoms with Gasteiger partial charge in [-0.2, -0.15) is 0 Å². The van der Waals surface area contributed by atoms with Crippen LogP contribution in [0.1, 0.15) is 6.92 Å². The van der Waals surface area contributed by atoms with Gasteiger partial charge in [0.15, 0.2) is 5.82 Å². The van der Waals surface area contributed by atoms with Gasteiger partial charge in [-0.1, -0.05) is 53.7 Å². The molecule has 0 saturated heterocycles. The van der Waals surface area contributed by atoms with E-state index in [2.05, 4.69) is 20.5 Å². The first-order valence-electron chi connectivity index (χ1n) is 7.43. The van der Waals surface area contributed by atoms with Crippen LogP contribution in [0.2, 0.25) is 5.02 Å². The van der Waals surface area contributed by atoms with Gasteiger partial charge in [0.25, 0.3) is 0 Å². The van der Waals surface area contributed by atoms with Crippen molar-refractivity contribution < 1.29 is 9.18 Å². The number of rotatable bonds is 5.